The van der Waals surface area contributed by atoms with Gasteiger partial charge in [-0.25, -0.2) is 9.07 Å². The summed E-state index contributed by atoms with van der Waals surface area (Å²) in [6.45, 7) is 0.515. The largest absolute Gasteiger partial charge is 0.354 e. The highest BCUT2D eigenvalue weighted by atomic mass is 19.1. The van der Waals surface area contributed by atoms with Gasteiger partial charge in [-0.1, -0.05) is 12.2 Å². The van der Waals surface area contributed by atoms with E-state index in [9.17, 15) is 14.0 Å². The first-order valence-corrected chi connectivity index (χ1v) is 8.87. The van der Waals surface area contributed by atoms with Gasteiger partial charge in [0, 0.05) is 18.2 Å². The highest BCUT2D eigenvalue weighted by Gasteiger charge is 2.35. The topological polar surface area (TPSA) is 64.0 Å². The van der Waals surface area contributed by atoms with Crippen molar-refractivity contribution >= 4 is 5.91 Å². The molecule has 0 aliphatic heterocycles. The van der Waals surface area contributed by atoms with Gasteiger partial charge in [0.1, 0.15) is 12.4 Å². The lowest BCUT2D eigenvalue weighted by molar-refractivity contribution is -0.122. The number of hydrogen-bond donors (Lipinski definition) is 1. The van der Waals surface area contributed by atoms with E-state index in [-0.39, 0.29) is 23.8 Å². The average molecular weight is 353 g/mol. The molecule has 4 rings (SSSR count). The van der Waals surface area contributed by atoms with Crippen LogP contribution in [0.1, 0.15) is 12.8 Å². The number of rotatable bonds is 5. The molecule has 3 atom stereocenters. The number of benzene rings is 1. The van der Waals surface area contributed by atoms with Crippen LogP contribution in [-0.2, 0) is 11.3 Å². The van der Waals surface area contributed by atoms with Gasteiger partial charge in [-0.3, -0.25) is 9.59 Å². The maximum atomic E-state index is 13.1. The summed E-state index contributed by atoms with van der Waals surface area (Å²) in [5.74, 6) is 1.17. The Morgan fingerprint density at radius 3 is 2.65 bits per heavy atom. The minimum atomic E-state index is -0.339. The van der Waals surface area contributed by atoms with Crippen LogP contribution in [0.3, 0.4) is 0 Å². The fraction of sp³-hybridized carbons (Fsp3) is 0.350. The highest BCUT2D eigenvalue weighted by Crippen LogP contribution is 2.42. The van der Waals surface area contributed by atoms with Gasteiger partial charge < -0.3 is 5.32 Å². The van der Waals surface area contributed by atoms with Crippen molar-refractivity contribution in [3.8, 4) is 11.3 Å². The standard InChI is InChI=1S/C20H20FN3O2/c21-17-5-3-14(4-6-17)18-7-8-20(26)24(23-18)12-19(25)22-11-16-10-13-1-2-15(16)9-13/h1-8,13,15-16H,9-12H2,(H,22,25)/t13-,15-,16-/m1/s1. The van der Waals surface area contributed by atoms with E-state index in [1.165, 1.54) is 24.6 Å². The third-order valence-corrected chi connectivity index (χ3v) is 5.28. The quantitative estimate of drug-likeness (QED) is 0.840. The summed E-state index contributed by atoms with van der Waals surface area (Å²) >= 11 is 0. The number of nitrogens with one attached hydrogen (secondary N) is 1. The Bertz CT molecular complexity index is 904. The summed E-state index contributed by atoms with van der Waals surface area (Å²) in [5.41, 5.74) is 0.874. The van der Waals surface area contributed by atoms with E-state index < -0.39 is 0 Å². The van der Waals surface area contributed by atoms with Gasteiger partial charge in [-0.15, -0.1) is 0 Å². The van der Waals surface area contributed by atoms with Crippen molar-refractivity contribution in [3.05, 3.63) is 64.7 Å². The summed E-state index contributed by atoms with van der Waals surface area (Å²) in [4.78, 5) is 24.2. The Balaban J connectivity index is 1.41. The van der Waals surface area contributed by atoms with Crippen molar-refractivity contribution in [2.24, 2.45) is 17.8 Å². The molecule has 2 aliphatic carbocycles. The lowest BCUT2D eigenvalue weighted by Crippen LogP contribution is -2.36. The Morgan fingerprint density at radius 1 is 1.15 bits per heavy atom. The first-order chi connectivity index (χ1) is 12.6. The Labute approximate surface area is 150 Å². The second-order valence-corrected chi connectivity index (χ2v) is 7.07. The molecule has 1 fully saturated rings. The van der Waals surface area contributed by atoms with Crippen LogP contribution in [0.2, 0.25) is 0 Å². The third kappa shape index (κ3) is 3.45. The summed E-state index contributed by atoms with van der Waals surface area (Å²) in [6.07, 6.45) is 6.84. The summed E-state index contributed by atoms with van der Waals surface area (Å²) in [6, 6.07) is 8.81. The number of fused-ring (bicyclic) bond motifs is 2. The van der Waals surface area contributed by atoms with Crippen molar-refractivity contribution in [1.29, 1.82) is 0 Å². The molecule has 1 aromatic carbocycles. The van der Waals surface area contributed by atoms with Crippen LogP contribution >= 0.6 is 0 Å². The zero-order valence-electron chi connectivity index (χ0n) is 14.3. The van der Waals surface area contributed by atoms with Crippen molar-refractivity contribution in [1.82, 2.24) is 15.1 Å². The third-order valence-electron chi connectivity index (χ3n) is 5.28. The van der Waals surface area contributed by atoms with Gasteiger partial charge in [0.15, 0.2) is 0 Å². The van der Waals surface area contributed by atoms with Crippen LogP contribution in [0.4, 0.5) is 4.39 Å². The maximum absolute atomic E-state index is 13.1. The normalized spacial score (nSPS) is 23.3. The average Bonchev–Trinajstić information content (AvgIpc) is 3.26. The van der Waals surface area contributed by atoms with Gasteiger partial charge in [-0.05, 0) is 60.9 Å². The van der Waals surface area contributed by atoms with E-state index in [2.05, 4.69) is 22.6 Å². The molecular formula is C20H20FN3O2. The Morgan fingerprint density at radius 2 is 1.96 bits per heavy atom. The maximum Gasteiger partial charge on any atom is 0.267 e. The molecule has 5 nitrogen and oxygen atoms in total. The summed E-state index contributed by atoms with van der Waals surface area (Å²) in [7, 11) is 0. The fourth-order valence-electron chi connectivity index (χ4n) is 3.90. The van der Waals surface area contributed by atoms with Gasteiger partial charge >= 0.3 is 0 Å². The molecule has 0 radical (unpaired) electrons. The number of carbonyl (C=O) groups excluding carboxylic acids is 1. The second-order valence-electron chi connectivity index (χ2n) is 7.07. The minimum absolute atomic E-state index is 0.121. The molecular weight excluding hydrogens is 333 g/mol. The van der Waals surface area contributed by atoms with E-state index in [1.807, 2.05) is 0 Å². The molecule has 1 aromatic heterocycles. The van der Waals surface area contributed by atoms with Crippen molar-refractivity contribution in [3.63, 3.8) is 0 Å². The minimum Gasteiger partial charge on any atom is -0.354 e. The van der Waals surface area contributed by atoms with Crippen LogP contribution < -0.4 is 10.9 Å². The predicted molar refractivity (Wildman–Crippen MR) is 95.7 cm³/mol. The molecule has 2 aromatic rings. The van der Waals surface area contributed by atoms with E-state index in [1.54, 1.807) is 18.2 Å². The van der Waals surface area contributed by atoms with E-state index in [0.717, 1.165) is 11.1 Å². The van der Waals surface area contributed by atoms with Gasteiger partial charge in [0.05, 0.1) is 5.69 Å². The van der Waals surface area contributed by atoms with Gasteiger partial charge in [0.25, 0.3) is 5.56 Å². The smallest absolute Gasteiger partial charge is 0.267 e. The van der Waals surface area contributed by atoms with E-state index >= 15 is 0 Å². The number of amides is 1. The van der Waals surface area contributed by atoms with E-state index in [0.29, 0.717) is 35.6 Å². The van der Waals surface area contributed by atoms with Gasteiger partial charge in [-0.2, -0.15) is 5.10 Å². The monoisotopic (exact) mass is 353 g/mol. The van der Waals surface area contributed by atoms with Gasteiger partial charge in [0.2, 0.25) is 5.91 Å². The molecule has 0 unspecified atom stereocenters. The molecule has 1 saturated carbocycles. The Hall–Kier alpha value is -2.76. The molecule has 2 bridgehead atoms. The molecule has 1 N–H and O–H groups in total. The van der Waals surface area contributed by atoms with Crippen LogP contribution in [0.15, 0.2) is 53.3 Å². The van der Waals surface area contributed by atoms with Crippen LogP contribution in [0, 0.1) is 23.6 Å². The first kappa shape index (κ1) is 16.7. The second kappa shape index (κ2) is 6.86. The van der Waals surface area contributed by atoms with Crippen LogP contribution in [-0.4, -0.2) is 22.2 Å². The highest BCUT2D eigenvalue weighted by molar-refractivity contribution is 5.75. The molecule has 134 valence electrons. The van der Waals surface area contributed by atoms with Crippen molar-refractivity contribution < 1.29 is 9.18 Å². The van der Waals surface area contributed by atoms with Crippen molar-refractivity contribution in [2.45, 2.75) is 19.4 Å². The number of carbonyl (C=O) groups is 1. The molecule has 6 heteroatoms. The lowest BCUT2D eigenvalue weighted by atomic mass is 9.94. The molecule has 1 heterocycles. The molecule has 0 saturated heterocycles. The predicted octanol–water partition coefficient (Wildman–Crippen LogP) is 2.38. The number of nitrogens with zero attached hydrogens (tertiary/aromatic N) is 2. The number of hydrogen-bond acceptors (Lipinski definition) is 3. The SMILES string of the molecule is O=C(Cn1nc(-c2ccc(F)cc2)ccc1=O)NC[C@H]1C[C@@H]2C=C[C@@H]1C2. The summed E-state index contributed by atoms with van der Waals surface area (Å²) in [5, 5.41) is 7.17. The molecule has 2 aliphatic rings. The molecule has 0 spiro atoms. The zero-order chi connectivity index (χ0) is 18.1. The fourth-order valence-corrected chi connectivity index (χ4v) is 3.90. The van der Waals surface area contributed by atoms with Crippen LogP contribution in [0.25, 0.3) is 11.3 Å². The Kier molecular flexibility index (Phi) is 4.41. The molecule has 26 heavy (non-hydrogen) atoms. The first-order valence-electron chi connectivity index (χ1n) is 8.87. The number of aromatic nitrogens is 2. The molecule has 1 amide bonds. The van der Waals surface area contributed by atoms with E-state index in [4.69, 9.17) is 0 Å². The number of allylic oxidation sites excluding steroid dienone is 2. The lowest BCUT2D eigenvalue weighted by Gasteiger charge is -2.18. The van der Waals surface area contributed by atoms with Crippen molar-refractivity contribution in [2.75, 3.05) is 6.54 Å². The zero-order valence-corrected chi connectivity index (χ0v) is 14.3. The van der Waals surface area contributed by atoms with Crippen LogP contribution in [0.5, 0.6) is 0 Å². The summed E-state index contributed by atoms with van der Waals surface area (Å²) < 4.78 is 14.2. The number of halogens is 1.